The summed E-state index contributed by atoms with van der Waals surface area (Å²) < 4.78 is 0. The van der Waals surface area contributed by atoms with Gasteiger partial charge in [-0.3, -0.25) is 4.90 Å². The highest BCUT2D eigenvalue weighted by atomic mass is 15.1. The van der Waals surface area contributed by atoms with Crippen LogP contribution in [0.2, 0.25) is 0 Å². The van der Waals surface area contributed by atoms with E-state index >= 15 is 0 Å². The van der Waals surface area contributed by atoms with Crippen molar-refractivity contribution in [3.8, 4) is 0 Å². The molecule has 0 aliphatic carbocycles. The van der Waals surface area contributed by atoms with Gasteiger partial charge in [0.15, 0.2) is 0 Å². The Kier molecular flexibility index (Phi) is 14.3. The van der Waals surface area contributed by atoms with Gasteiger partial charge in [-0.05, 0) is 65.8 Å². The third-order valence-electron chi connectivity index (χ3n) is 5.37. The van der Waals surface area contributed by atoms with Crippen LogP contribution >= 0.6 is 0 Å². The molecule has 3 nitrogen and oxygen atoms in total. The Labute approximate surface area is 181 Å². The molecule has 0 N–H and O–H groups in total. The van der Waals surface area contributed by atoms with Gasteiger partial charge in [0.05, 0.1) is 0 Å². The van der Waals surface area contributed by atoms with Crippen molar-refractivity contribution < 1.29 is 0 Å². The molecule has 0 saturated heterocycles. The Morgan fingerprint density at radius 3 is 1.72 bits per heavy atom. The van der Waals surface area contributed by atoms with Gasteiger partial charge in [-0.25, -0.2) is 0 Å². The zero-order valence-corrected chi connectivity index (χ0v) is 19.6. The standard InChI is InChI=1S/2C9H15N.C8H15N/c2*1-9(2)10-7-5-3-4-6-8-10;1-2-9-7-5-3-4-6-8-9/h3-5,7,9H,6,8H2,1-2H3;3-6,9H,7-8H2,1-2H3;3-4H,2,5-8H2,1H3. The first kappa shape index (κ1) is 25.5. The lowest BCUT2D eigenvalue weighted by molar-refractivity contribution is 0.274. The third-order valence-corrected chi connectivity index (χ3v) is 5.37. The zero-order valence-electron chi connectivity index (χ0n) is 19.6. The van der Waals surface area contributed by atoms with Crippen molar-refractivity contribution >= 4 is 0 Å². The minimum absolute atomic E-state index is 0.635. The lowest BCUT2D eigenvalue weighted by Gasteiger charge is -2.22. The van der Waals surface area contributed by atoms with E-state index in [0.717, 1.165) is 19.6 Å². The molecule has 3 aliphatic rings. The topological polar surface area (TPSA) is 9.72 Å². The molecule has 0 saturated carbocycles. The molecule has 0 aromatic carbocycles. The third kappa shape index (κ3) is 12.6. The molecule has 0 aromatic heterocycles. The number of hydrogen-bond donors (Lipinski definition) is 0. The van der Waals surface area contributed by atoms with Crippen LogP contribution in [0.4, 0.5) is 0 Å². The Morgan fingerprint density at radius 2 is 1.21 bits per heavy atom. The van der Waals surface area contributed by atoms with Gasteiger partial charge in [-0.1, -0.05) is 55.5 Å². The molecule has 3 heterocycles. The Balaban J connectivity index is 0.000000218. The van der Waals surface area contributed by atoms with E-state index in [0.29, 0.717) is 12.1 Å². The Bertz CT molecular complexity index is 516. The van der Waals surface area contributed by atoms with Crippen LogP contribution in [0.15, 0.2) is 60.9 Å². The van der Waals surface area contributed by atoms with E-state index in [1.54, 1.807) is 0 Å². The Hall–Kier alpha value is -1.58. The molecule has 0 aromatic rings. The fourth-order valence-electron chi connectivity index (χ4n) is 3.29. The quantitative estimate of drug-likeness (QED) is 0.568. The van der Waals surface area contributed by atoms with Crippen LogP contribution in [-0.2, 0) is 0 Å². The second-order valence-electron chi connectivity index (χ2n) is 8.28. The molecule has 0 unspecified atom stereocenters. The van der Waals surface area contributed by atoms with Crippen LogP contribution < -0.4 is 0 Å². The molecular formula is C26H45N3. The molecular weight excluding hydrogens is 354 g/mol. The maximum Gasteiger partial charge on any atom is 0.0227 e. The highest BCUT2D eigenvalue weighted by molar-refractivity contribution is 5.07. The van der Waals surface area contributed by atoms with Gasteiger partial charge in [-0.2, -0.15) is 0 Å². The molecule has 0 fully saturated rings. The molecule has 29 heavy (non-hydrogen) atoms. The van der Waals surface area contributed by atoms with Crippen molar-refractivity contribution in [1.29, 1.82) is 0 Å². The molecule has 3 heteroatoms. The van der Waals surface area contributed by atoms with Crippen LogP contribution in [0.5, 0.6) is 0 Å². The molecule has 0 bridgehead atoms. The maximum absolute atomic E-state index is 2.49. The predicted octanol–water partition coefficient (Wildman–Crippen LogP) is 5.65. The van der Waals surface area contributed by atoms with Gasteiger partial charge in [-0.15, -0.1) is 0 Å². The van der Waals surface area contributed by atoms with Crippen LogP contribution in [0.3, 0.4) is 0 Å². The molecule has 3 aliphatic heterocycles. The van der Waals surface area contributed by atoms with Crippen molar-refractivity contribution in [2.75, 3.05) is 39.3 Å². The van der Waals surface area contributed by atoms with Crippen molar-refractivity contribution in [2.24, 2.45) is 0 Å². The van der Waals surface area contributed by atoms with E-state index in [2.05, 4.69) is 110 Å². The lowest BCUT2D eigenvalue weighted by atomic mass is 10.3. The lowest BCUT2D eigenvalue weighted by Crippen LogP contribution is -2.30. The van der Waals surface area contributed by atoms with Crippen molar-refractivity contribution in [1.82, 2.24) is 14.7 Å². The van der Waals surface area contributed by atoms with E-state index in [1.807, 2.05) is 0 Å². The van der Waals surface area contributed by atoms with Crippen molar-refractivity contribution in [3.63, 3.8) is 0 Å². The van der Waals surface area contributed by atoms with Crippen LogP contribution in [0.25, 0.3) is 0 Å². The average molecular weight is 400 g/mol. The summed E-state index contributed by atoms with van der Waals surface area (Å²) in [5.41, 5.74) is 0. The first-order chi connectivity index (χ1) is 14.0. The zero-order chi connectivity index (χ0) is 21.3. The van der Waals surface area contributed by atoms with Crippen LogP contribution in [0.1, 0.15) is 53.9 Å². The number of rotatable bonds is 3. The van der Waals surface area contributed by atoms with E-state index in [-0.39, 0.29) is 0 Å². The largest absolute Gasteiger partial charge is 0.375 e. The number of hydrogen-bond acceptors (Lipinski definition) is 3. The van der Waals surface area contributed by atoms with E-state index in [9.17, 15) is 0 Å². The monoisotopic (exact) mass is 399 g/mol. The summed E-state index contributed by atoms with van der Waals surface area (Å²) in [5.74, 6) is 0. The predicted molar refractivity (Wildman–Crippen MR) is 130 cm³/mol. The first-order valence-corrected chi connectivity index (χ1v) is 11.6. The van der Waals surface area contributed by atoms with Gasteiger partial charge >= 0.3 is 0 Å². The maximum atomic E-state index is 2.49. The number of allylic oxidation sites excluding steroid dienone is 4. The van der Waals surface area contributed by atoms with Gasteiger partial charge in [0.1, 0.15) is 0 Å². The summed E-state index contributed by atoms with van der Waals surface area (Å²) in [6.07, 6.45) is 25.4. The Morgan fingerprint density at radius 1 is 0.655 bits per heavy atom. The second-order valence-corrected chi connectivity index (χ2v) is 8.28. The van der Waals surface area contributed by atoms with Gasteiger partial charge in [0.25, 0.3) is 0 Å². The average Bonchev–Trinajstić information content (AvgIpc) is 3.24. The van der Waals surface area contributed by atoms with E-state index in [4.69, 9.17) is 0 Å². The molecule has 0 spiro atoms. The molecule has 3 rings (SSSR count). The highest BCUT2D eigenvalue weighted by Gasteiger charge is 2.05. The first-order valence-electron chi connectivity index (χ1n) is 11.6. The van der Waals surface area contributed by atoms with E-state index < -0.39 is 0 Å². The molecule has 0 amide bonds. The molecule has 164 valence electrons. The second kappa shape index (κ2) is 16.2. The van der Waals surface area contributed by atoms with Crippen LogP contribution in [0, 0.1) is 0 Å². The highest BCUT2D eigenvalue weighted by Crippen LogP contribution is 2.04. The van der Waals surface area contributed by atoms with Crippen molar-refractivity contribution in [3.05, 3.63) is 60.9 Å². The minimum atomic E-state index is 0.635. The summed E-state index contributed by atoms with van der Waals surface area (Å²) >= 11 is 0. The fraction of sp³-hybridized carbons (Fsp3) is 0.615. The van der Waals surface area contributed by atoms with Gasteiger partial charge < -0.3 is 9.80 Å². The van der Waals surface area contributed by atoms with Crippen molar-refractivity contribution in [2.45, 2.75) is 66.0 Å². The summed E-state index contributed by atoms with van der Waals surface area (Å²) in [6.45, 7) is 18.2. The molecule has 0 atom stereocenters. The SMILES string of the molecule is CC(C)N1C=CC=CCC1.CC(C)N1CC=CC=CC1.CCN1CCC=CCC1. The minimum Gasteiger partial charge on any atom is -0.375 e. The normalized spacial score (nSPS) is 19.9. The summed E-state index contributed by atoms with van der Waals surface area (Å²) in [5, 5.41) is 0. The fourth-order valence-corrected chi connectivity index (χ4v) is 3.29. The molecule has 0 radical (unpaired) electrons. The summed E-state index contributed by atoms with van der Waals surface area (Å²) in [4.78, 5) is 7.25. The summed E-state index contributed by atoms with van der Waals surface area (Å²) in [7, 11) is 0. The smallest absolute Gasteiger partial charge is 0.0227 e. The van der Waals surface area contributed by atoms with Crippen LogP contribution in [-0.4, -0.2) is 66.1 Å². The number of nitrogens with zero attached hydrogens (tertiary/aromatic N) is 3. The van der Waals surface area contributed by atoms with Gasteiger partial charge in [0, 0.05) is 44.8 Å². The summed E-state index contributed by atoms with van der Waals surface area (Å²) in [6, 6.07) is 1.29. The van der Waals surface area contributed by atoms with E-state index in [1.165, 1.54) is 38.9 Å². The van der Waals surface area contributed by atoms with Gasteiger partial charge in [0.2, 0.25) is 0 Å².